The Morgan fingerprint density at radius 3 is 2.09 bits per heavy atom. The van der Waals surface area contributed by atoms with E-state index in [1.54, 1.807) is 0 Å². The van der Waals surface area contributed by atoms with Crippen LogP contribution in [0.15, 0.2) is 54.7 Å². The van der Waals surface area contributed by atoms with E-state index in [1.807, 2.05) is 50.4 Å². The molecule has 0 amide bonds. The third-order valence-electron chi connectivity index (χ3n) is 4.11. The van der Waals surface area contributed by atoms with Crippen molar-refractivity contribution in [2.75, 3.05) is 0 Å². The minimum Gasteiger partial charge on any atom is -0.256 e. The van der Waals surface area contributed by atoms with Crippen molar-refractivity contribution in [2.24, 2.45) is 0 Å². The smallest absolute Gasteiger partial charge is 0.0991 e. The van der Waals surface area contributed by atoms with Crippen LogP contribution in [0.2, 0.25) is 0 Å². The van der Waals surface area contributed by atoms with Gasteiger partial charge in [-0.1, -0.05) is 30.3 Å². The van der Waals surface area contributed by atoms with Crippen molar-refractivity contribution in [1.29, 1.82) is 5.26 Å². The van der Waals surface area contributed by atoms with Crippen LogP contribution in [0.5, 0.6) is 0 Å². The molecule has 0 unspecified atom stereocenters. The van der Waals surface area contributed by atoms with Gasteiger partial charge >= 0.3 is 0 Å². The van der Waals surface area contributed by atoms with E-state index in [0.29, 0.717) is 5.56 Å². The zero-order valence-electron chi connectivity index (χ0n) is 13.6. The van der Waals surface area contributed by atoms with Gasteiger partial charge in [0.15, 0.2) is 0 Å². The average molecular weight is 298 g/mol. The molecule has 3 rings (SSSR count). The lowest BCUT2D eigenvalue weighted by Gasteiger charge is -2.14. The third-order valence-corrected chi connectivity index (χ3v) is 4.11. The topological polar surface area (TPSA) is 36.7 Å². The van der Waals surface area contributed by atoms with Gasteiger partial charge < -0.3 is 0 Å². The number of nitriles is 1. The Bertz CT molecular complexity index is 880. The Kier molecular flexibility index (Phi) is 3.95. The van der Waals surface area contributed by atoms with Gasteiger partial charge in [-0.2, -0.15) is 5.26 Å². The van der Waals surface area contributed by atoms with Crippen molar-refractivity contribution >= 4 is 0 Å². The highest BCUT2D eigenvalue weighted by atomic mass is 14.7. The van der Waals surface area contributed by atoms with Gasteiger partial charge in [-0.25, -0.2) is 0 Å². The predicted molar refractivity (Wildman–Crippen MR) is 94.0 cm³/mol. The summed E-state index contributed by atoms with van der Waals surface area (Å²) in [6.45, 7) is 6.21. The first kappa shape index (κ1) is 15.0. The van der Waals surface area contributed by atoms with Crippen LogP contribution in [0.25, 0.3) is 22.4 Å². The first-order valence-electron chi connectivity index (χ1n) is 7.64. The summed E-state index contributed by atoms with van der Waals surface area (Å²) in [6.07, 6.45) is 1.94. The summed E-state index contributed by atoms with van der Waals surface area (Å²) >= 11 is 0. The predicted octanol–water partition coefficient (Wildman–Crippen LogP) is 5.21. The van der Waals surface area contributed by atoms with E-state index < -0.39 is 0 Å². The SMILES string of the molecule is Cc1cc(-c2ccccc2)ncc1-c1c(C)cc(C#N)cc1C. The lowest BCUT2D eigenvalue weighted by molar-refractivity contribution is 1.26. The number of hydrogen-bond acceptors (Lipinski definition) is 2. The molecule has 0 fully saturated rings. The second-order valence-electron chi connectivity index (χ2n) is 5.85. The molecule has 0 N–H and O–H groups in total. The second kappa shape index (κ2) is 6.06. The summed E-state index contributed by atoms with van der Waals surface area (Å²) in [7, 11) is 0. The molecule has 2 heteroatoms. The Hall–Kier alpha value is -2.92. The van der Waals surface area contributed by atoms with E-state index in [2.05, 4.69) is 36.2 Å². The summed E-state index contributed by atoms with van der Waals surface area (Å²) in [5, 5.41) is 9.10. The maximum Gasteiger partial charge on any atom is 0.0991 e. The molecule has 0 saturated carbocycles. The first-order chi connectivity index (χ1) is 11.1. The van der Waals surface area contributed by atoms with Crippen molar-refractivity contribution in [3.05, 3.63) is 77.0 Å². The van der Waals surface area contributed by atoms with Gasteiger partial charge in [0, 0.05) is 17.3 Å². The molecule has 1 aromatic heterocycles. The van der Waals surface area contributed by atoms with E-state index in [9.17, 15) is 0 Å². The van der Waals surface area contributed by atoms with Gasteiger partial charge in [0.25, 0.3) is 0 Å². The molecule has 23 heavy (non-hydrogen) atoms. The summed E-state index contributed by atoms with van der Waals surface area (Å²) in [5.41, 5.74) is 8.52. The monoisotopic (exact) mass is 298 g/mol. The molecule has 0 bridgehead atoms. The maximum atomic E-state index is 9.10. The van der Waals surface area contributed by atoms with Crippen LogP contribution in [0.3, 0.4) is 0 Å². The molecule has 2 nitrogen and oxygen atoms in total. The number of pyridine rings is 1. The molecule has 3 aromatic rings. The highest BCUT2D eigenvalue weighted by Crippen LogP contribution is 2.32. The van der Waals surface area contributed by atoms with Crippen LogP contribution in [0, 0.1) is 32.1 Å². The molecule has 0 aliphatic carbocycles. The normalized spacial score (nSPS) is 10.3. The fourth-order valence-electron chi connectivity index (χ4n) is 3.04. The largest absolute Gasteiger partial charge is 0.256 e. The fourth-order valence-corrected chi connectivity index (χ4v) is 3.04. The van der Waals surface area contributed by atoms with Crippen molar-refractivity contribution < 1.29 is 0 Å². The van der Waals surface area contributed by atoms with Gasteiger partial charge in [-0.3, -0.25) is 4.98 Å². The summed E-state index contributed by atoms with van der Waals surface area (Å²) in [4.78, 5) is 4.65. The Balaban J connectivity index is 2.11. The lowest BCUT2D eigenvalue weighted by Crippen LogP contribution is -1.95. The fraction of sp³-hybridized carbons (Fsp3) is 0.143. The average Bonchev–Trinajstić information content (AvgIpc) is 2.56. The van der Waals surface area contributed by atoms with Crippen LogP contribution in [0.4, 0.5) is 0 Å². The molecule has 1 heterocycles. The molecule has 0 aliphatic heterocycles. The third kappa shape index (κ3) is 2.86. The van der Waals surface area contributed by atoms with Gasteiger partial charge in [-0.05, 0) is 61.2 Å². The minimum absolute atomic E-state index is 0.704. The lowest BCUT2D eigenvalue weighted by atomic mass is 9.92. The highest BCUT2D eigenvalue weighted by Gasteiger charge is 2.11. The number of rotatable bonds is 2. The Morgan fingerprint density at radius 2 is 1.52 bits per heavy atom. The van der Waals surface area contributed by atoms with Crippen LogP contribution in [-0.2, 0) is 0 Å². The first-order valence-corrected chi connectivity index (χ1v) is 7.64. The molecular formula is C21H18N2. The van der Waals surface area contributed by atoms with Crippen molar-refractivity contribution in [3.8, 4) is 28.5 Å². The molecule has 0 saturated heterocycles. The van der Waals surface area contributed by atoms with Gasteiger partial charge in [0.05, 0.1) is 17.3 Å². The number of benzene rings is 2. The number of aromatic nitrogens is 1. The number of aryl methyl sites for hydroxylation is 3. The van der Waals surface area contributed by atoms with Crippen LogP contribution >= 0.6 is 0 Å². The van der Waals surface area contributed by atoms with Crippen molar-refractivity contribution in [3.63, 3.8) is 0 Å². The number of nitrogens with zero attached hydrogens (tertiary/aromatic N) is 2. The summed E-state index contributed by atoms with van der Waals surface area (Å²) < 4.78 is 0. The zero-order valence-corrected chi connectivity index (χ0v) is 13.6. The van der Waals surface area contributed by atoms with Crippen molar-refractivity contribution in [2.45, 2.75) is 20.8 Å². The van der Waals surface area contributed by atoms with Gasteiger partial charge in [0.1, 0.15) is 0 Å². The molecule has 0 aliphatic rings. The van der Waals surface area contributed by atoms with E-state index in [0.717, 1.165) is 27.9 Å². The molecule has 112 valence electrons. The molecule has 0 spiro atoms. The van der Waals surface area contributed by atoms with Crippen molar-refractivity contribution in [1.82, 2.24) is 4.98 Å². The standard InChI is InChI=1S/C21H18N2/c1-14-11-20(18-7-5-4-6-8-18)23-13-19(14)21-15(2)9-17(12-22)10-16(21)3/h4-11,13H,1-3H3. The van der Waals surface area contributed by atoms with Crippen LogP contribution in [0.1, 0.15) is 22.3 Å². The van der Waals surface area contributed by atoms with E-state index >= 15 is 0 Å². The molecule has 0 atom stereocenters. The Morgan fingerprint density at radius 1 is 0.870 bits per heavy atom. The van der Waals surface area contributed by atoms with E-state index in [-0.39, 0.29) is 0 Å². The molecule has 2 aromatic carbocycles. The van der Waals surface area contributed by atoms with Gasteiger partial charge in [0.2, 0.25) is 0 Å². The van der Waals surface area contributed by atoms with E-state index in [1.165, 1.54) is 11.1 Å². The Labute approximate surface area is 137 Å². The van der Waals surface area contributed by atoms with Gasteiger partial charge in [-0.15, -0.1) is 0 Å². The summed E-state index contributed by atoms with van der Waals surface area (Å²) in [6, 6.07) is 18.4. The zero-order chi connectivity index (χ0) is 16.4. The number of hydrogen-bond donors (Lipinski definition) is 0. The second-order valence-corrected chi connectivity index (χ2v) is 5.85. The minimum atomic E-state index is 0.704. The van der Waals surface area contributed by atoms with Crippen LogP contribution in [-0.4, -0.2) is 4.98 Å². The molecular weight excluding hydrogens is 280 g/mol. The highest BCUT2D eigenvalue weighted by molar-refractivity contribution is 5.76. The van der Waals surface area contributed by atoms with Crippen LogP contribution < -0.4 is 0 Å². The quantitative estimate of drug-likeness (QED) is 0.651. The molecule has 0 radical (unpaired) electrons. The maximum absolute atomic E-state index is 9.10. The summed E-state index contributed by atoms with van der Waals surface area (Å²) in [5.74, 6) is 0. The van der Waals surface area contributed by atoms with E-state index in [4.69, 9.17) is 5.26 Å².